The van der Waals surface area contributed by atoms with Crippen molar-refractivity contribution in [2.75, 3.05) is 27.9 Å². The number of halogens is 1. The highest BCUT2D eigenvalue weighted by molar-refractivity contribution is 5.98. The van der Waals surface area contributed by atoms with Crippen LogP contribution in [0.25, 0.3) is 0 Å². The van der Waals surface area contributed by atoms with Crippen molar-refractivity contribution < 1.29 is 37.7 Å². The van der Waals surface area contributed by atoms with Crippen LogP contribution in [-0.4, -0.2) is 74.3 Å². The summed E-state index contributed by atoms with van der Waals surface area (Å²) >= 11 is 0. The molecule has 1 saturated heterocycles. The number of hydrogen-bond donors (Lipinski definition) is 0. The third-order valence-electron chi connectivity index (χ3n) is 5.99. The van der Waals surface area contributed by atoms with Gasteiger partial charge < -0.3 is 18.9 Å². The maximum Gasteiger partial charge on any atom is 0.410 e. The zero-order chi connectivity index (χ0) is 25.6. The molecule has 1 aliphatic rings. The summed E-state index contributed by atoms with van der Waals surface area (Å²) < 4.78 is 35.8. The van der Waals surface area contributed by atoms with Crippen LogP contribution in [0.4, 0.5) is 9.18 Å². The highest BCUT2D eigenvalue weighted by atomic mass is 19.1. The van der Waals surface area contributed by atoms with Gasteiger partial charge >= 0.3 is 6.09 Å². The van der Waals surface area contributed by atoms with Gasteiger partial charge in [0.1, 0.15) is 23.0 Å². The second-order valence-electron chi connectivity index (χ2n) is 9.52. The van der Waals surface area contributed by atoms with E-state index < -0.39 is 41.4 Å². The predicted octanol–water partition coefficient (Wildman–Crippen LogP) is 4.04. The molecular formula is C25H36FNO7. The third-order valence-corrected chi connectivity index (χ3v) is 5.99. The molecule has 0 spiro atoms. The Morgan fingerprint density at radius 1 is 1.15 bits per heavy atom. The van der Waals surface area contributed by atoms with Gasteiger partial charge in [-0.1, -0.05) is 6.92 Å². The average molecular weight is 482 g/mol. The second-order valence-corrected chi connectivity index (χ2v) is 9.52. The standard InChI is InChI=1S/C25H36FNO7/c1-15(21(28)10-11-22(29)18-9-8-16(31-5)12-19(18)26)23(33-7)20-13-17(32-6)14-27(20)24(30)34-25(2,3)4/h8-9,12,15,17,20,23H,10-11,13-14H2,1-7H3/t15-,17+,20?,23+/m0/s1. The molecule has 0 N–H and O–H groups in total. The monoisotopic (exact) mass is 481 g/mol. The quantitative estimate of drug-likeness (QED) is 0.466. The van der Waals surface area contributed by atoms with Crippen LogP contribution >= 0.6 is 0 Å². The summed E-state index contributed by atoms with van der Waals surface area (Å²) in [6, 6.07) is 3.55. The Labute approximate surface area is 200 Å². The van der Waals surface area contributed by atoms with Gasteiger partial charge in [0.15, 0.2) is 5.78 Å². The third kappa shape index (κ3) is 6.99. The van der Waals surface area contributed by atoms with E-state index in [2.05, 4.69) is 0 Å². The Morgan fingerprint density at radius 3 is 2.35 bits per heavy atom. The molecule has 190 valence electrons. The average Bonchev–Trinajstić information content (AvgIpc) is 3.20. The van der Waals surface area contributed by atoms with Crippen LogP contribution in [0.3, 0.4) is 0 Å². The number of ketones is 2. The first-order chi connectivity index (χ1) is 15.9. The smallest absolute Gasteiger partial charge is 0.410 e. The zero-order valence-corrected chi connectivity index (χ0v) is 21.1. The minimum Gasteiger partial charge on any atom is -0.497 e. The molecule has 8 nitrogen and oxygen atoms in total. The Morgan fingerprint density at radius 2 is 1.82 bits per heavy atom. The summed E-state index contributed by atoms with van der Waals surface area (Å²) in [6.45, 7) is 7.39. The molecule has 1 aliphatic heterocycles. The lowest BCUT2D eigenvalue weighted by Crippen LogP contribution is -2.49. The molecule has 0 aromatic heterocycles. The van der Waals surface area contributed by atoms with Gasteiger partial charge in [-0.2, -0.15) is 0 Å². The number of rotatable bonds is 10. The number of carbonyl (C=O) groups is 3. The van der Waals surface area contributed by atoms with Crippen LogP contribution in [0, 0.1) is 11.7 Å². The van der Waals surface area contributed by atoms with Gasteiger partial charge in [0.25, 0.3) is 0 Å². The lowest BCUT2D eigenvalue weighted by atomic mass is 9.89. The predicted molar refractivity (Wildman–Crippen MR) is 124 cm³/mol. The summed E-state index contributed by atoms with van der Waals surface area (Å²) in [7, 11) is 4.46. The van der Waals surface area contributed by atoms with Crippen LogP contribution in [0.15, 0.2) is 18.2 Å². The summed E-state index contributed by atoms with van der Waals surface area (Å²) in [5.41, 5.74) is -0.757. The number of amides is 1. The van der Waals surface area contributed by atoms with Gasteiger partial charge in [0, 0.05) is 39.0 Å². The lowest BCUT2D eigenvalue weighted by molar-refractivity contribution is -0.128. The van der Waals surface area contributed by atoms with Crippen molar-refractivity contribution in [1.29, 1.82) is 0 Å². The van der Waals surface area contributed by atoms with Crippen molar-refractivity contribution in [3.63, 3.8) is 0 Å². The van der Waals surface area contributed by atoms with Gasteiger partial charge in [-0.05, 0) is 39.3 Å². The van der Waals surface area contributed by atoms with E-state index in [0.29, 0.717) is 18.7 Å². The number of ether oxygens (including phenoxy) is 4. The molecule has 1 aromatic carbocycles. The van der Waals surface area contributed by atoms with E-state index >= 15 is 0 Å². The fraction of sp³-hybridized carbons (Fsp3) is 0.640. The molecule has 0 saturated carbocycles. The molecule has 0 bridgehead atoms. The fourth-order valence-electron chi connectivity index (χ4n) is 4.16. The van der Waals surface area contributed by atoms with E-state index in [4.69, 9.17) is 18.9 Å². The molecule has 0 radical (unpaired) electrons. The first kappa shape index (κ1) is 27.7. The van der Waals surface area contributed by atoms with Crippen molar-refractivity contribution in [3.8, 4) is 5.75 Å². The normalized spacial score (nSPS) is 20.1. The van der Waals surface area contributed by atoms with Crippen LogP contribution in [0.1, 0.15) is 57.3 Å². The maximum atomic E-state index is 14.2. The number of Topliss-reactive ketones (excluding diaryl/α,β-unsaturated/α-hetero) is 2. The van der Waals surface area contributed by atoms with Gasteiger partial charge in [-0.15, -0.1) is 0 Å². The number of nitrogens with zero attached hydrogens (tertiary/aromatic N) is 1. The van der Waals surface area contributed by atoms with Crippen molar-refractivity contribution in [2.45, 2.75) is 70.8 Å². The minimum absolute atomic E-state index is 0.0712. The molecule has 4 atom stereocenters. The maximum absolute atomic E-state index is 14.2. The van der Waals surface area contributed by atoms with Crippen molar-refractivity contribution in [1.82, 2.24) is 4.90 Å². The Balaban J connectivity index is 2.08. The molecule has 1 amide bonds. The highest BCUT2D eigenvalue weighted by Gasteiger charge is 2.44. The van der Waals surface area contributed by atoms with Crippen LogP contribution in [0.2, 0.25) is 0 Å². The molecule has 0 aliphatic carbocycles. The Kier molecular flexibility index (Phi) is 9.58. The molecule has 1 unspecified atom stereocenters. The summed E-state index contributed by atoms with van der Waals surface area (Å²) in [5, 5.41) is 0. The molecular weight excluding hydrogens is 445 g/mol. The molecule has 2 rings (SSSR count). The van der Waals surface area contributed by atoms with Gasteiger partial charge in [-0.3, -0.25) is 14.5 Å². The first-order valence-electron chi connectivity index (χ1n) is 11.4. The van der Waals surface area contributed by atoms with E-state index in [9.17, 15) is 18.8 Å². The first-order valence-corrected chi connectivity index (χ1v) is 11.4. The SMILES string of the molecule is COc1ccc(C(=O)CCC(=O)[C@H](C)[C@@H](OC)C2C[C@@H](OC)CN2C(=O)OC(C)(C)C)c(F)c1. The largest absolute Gasteiger partial charge is 0.497 e. The van der Waals surface area contributed by atoms with Gasteiger partial charge in [-0.25, -0.2) is 9.18 Å². The summed E-state index contributed by atoms with van der Waals surface area (Å²) in [6.07, 6.45) is -1.04. The number of methoxy groups -OCH3 is 3. The highest BCUT2D eigenvalue weighted by Crippen LogP contribution is 2.30. The van der Waals surface area contributed by atoms with Crippen LogP contribution in [-0.2, 0) is 19.0 Å². The molecule has 1 heterocycles. The lowest BCUT2D eigenvalue weighted by Gasteiger charge is -2.34. The van der Waals surface area contributed by atoms with Gasteiger partial charge in [0.05, 0.1) is 37.5 Å². The zero-order valence-electron chi connectivity index (χ0n) is 21.1. The van der Waals surface area contributed by atoms with E-state index in [-0.39, 0.29) is 30.3 Å². The topological polar surface area (TPSA) is 91.4 Å². The van der Waals surface area contributed by atoms with Crippen molar-refractivity contribution in [2.24, 2.45) is 5.92 Å². The van der Waals surface area contributed by atoms with Gasteiger partial charge in [0.2, 0.25) is 0 Å². The van der Waals surface area contributed by atoms with E-state index in [0.717, 1.165) is 6.07 Å². The molecule has 34 heavy (non-hydrogen) atoms. The van der Waals surface area contributed by atoms with Crippen molar-refractivity contribution >= 4 is 17.7 Å². The van der Waals surface area contributed by atoms with Crippen molar-refractivity contribution in [3.05, 3.63) is 29.6 Å². The number of benzene rings is 1. The molecule has 9 heteroatoms. The second kappa shape index (κ2) is 11.8. The number of likely N-dealkylation sites (tertiary alicyclic amines) is 1. The number of hydrogen-bond acceptors (Lipinski definition) is 7. The molecule has 1 fully saturated rings. The Bertz CT molecular complexity index is 883. The summed E-state index contributed by atoms with van der Waals surface area (Å²) in [5.74, 6) is -1.67. The van der Waals surface area contributed by atoms with Crippen LogP contribution < -0.4 is 4.74 Å². The Hall–Kier alpha value is -2.52. The van der Waals surface area contributed by atoms with Crippen LogP contribution in [0.5, 0.6) is 5.75 Å². The van der Waals surface area contributed by atoms with E-state index in [1.54, 1.807) is 39.7 Å². The minimum atomic E-state index is -0.691. The van der Waals surface area contributed by atoms with E-state index in [1.807, 2.05) is 0 Å². The van der Waals surface area contributed by atoms with E-state index in [1.165, 1.54) is 26.4 Å². The summed E-state index contributed by atoms with van der Waals surface area (Å²) in [4.78, 5) is 39.8. The fourth-order valence-corrected chi connectivity index (χ4v) is 4.16. The molecule has 1 aromatic rings. The number of carbonyl (C=O) groups excluding carboxylic acids is 3.